The van der Waals surface area contributed by atoms with Crippen LogP contribution < -0.4 is 0 Å². The summed E-state index contributed by atoms with van der Waals surface area (Å²) in [6, 6.07) is 95.4. The molecule has 75 heavy (non-hydrogen) atoms. The summed E-state index contributed by atoms with van der Waals surface area (Å²) in [4.78, 5) is 16.2. The highest BCUT2D eigenvalue weighted by molar-refractivity contribution is 6.26. The van der Waals surface area contributed by atoms with Gasteiger partial charge < -0.3 is 9.13 Å². The molecule has 4 heterocycles. The molecular formula is C69H44N6. The van der Waals surface area contributed by atoms with Gasteiger partial charge in [0.1, 0.15) is 0 Å². The molecule has 0 bridgehead atoms. The lowest BCUT2D eigenvalue weighted by Crippen LogP contribution is -2.07. The Hall–Kier alpha value is -10.2. The maximum Gasteiger partial charge on any atom is 0.238 e. The third-order valence-corrected chi connectivity index (χ3v) is 14.9. The Morgan fingerprint density at radius 3 is 1.27 bits per heavy atom. The van der Waals surface area contributed by atoms with Crippen molar-refractivity contribution in [1.29, 1.82) is 0 Å². The molecule has 350 valence electrons. The molecule has 0 aliphatic rings. The summed E-state index contributed by atoms with van der Waals surface area (Å²) in [5.41, 5.74) is 17.2. The number of aromatic nitrogens is 6. The minimum atomic E-state index is 0.536. The number of benzene rings is 11. The Bertz CT molecular complexity index is 4660. The van der Waals surface area contributed by atoms with Crippen molar-refractivity contribution in [3.63, 3.8) is 0 Å². The maximum absolute atomic E-state index is 5.49. The summed E-state index contributed by atoms with van der Waals surface area (Å²) in [5.74, 6) is 1.73. The third kappa shape index (κ3) is 6.77. The van der Waals surface area contributed by atoms with Crippen molar-refractivity contribution < 1.29 is 0 Å². The van der Waals surface area contributed by atoms with Crippen molar-refractivity contribution in [2.75, 3.05) is 0 Å². The first kappa shape index (κ1) is 42.5. The molecule has 11 aromatic carbocycles. The molecule has 0 fully saturated rings. The zero-order chi connectivity index (χ0) is 49.4. The van der Waals surface area contributed by atoms with E-state index in [0.717, 1.165) is 111 Å². The second kappa shape index (κ2) is 17.3. The molecule has 0 spiro atoms. The first-order valence-corrected chi connectivity index (χ1v) is 25.4. The van der Waals surface area contributed by atoms with Crippen molar-refractivity contribution in [1.82, 2.24) is 28.7 Å². The molecule has 15 aromatic rings. The van der Waals surface area contributed by atoms with Gasteiger partial charge in [0, 0.05) is 54.7 Å². The van der Waals surface area contributed by atoms with Crippen LogP contribution in [0.4, 0.5) is 0 Å². The fourth-order valence-corrected chi connectivity index (χ4v) is 11.6. The molecule has 15 rings (SSSR count). The van der Waals surface area contributed by atoms with Gasteiger partial charge in [-0.3, -0.25) is 4.57 Å². The molecule has 6 nitrogen and oxygen atoms in total. The Morgan fingerprint density at radius 1 is 0.267 bits per heavy atom. The number of hydrogen-bond acceptors (Lipinski definition) is 3. The molecule has 0 saturated heterocycles. The Balaban J connectivity index is 1.11. The average Bonchev–Trinajstić information content (AvgIpc) is 4.26. The first-order chi connectivity index (χ1) is 37.2. The van der Waals surface area contributed by atoms with Gasteiger partial charge in [0.25, 0.3) is 0 Å². The Labute approximate surface area is 432 Å². The van der Waals surface area contributed by atoms with Gasteiger partial charge in [-0.05, 0) is 64.2 Å². The molecule has 0 saturated carbocycles. The minimum Gasteiger partial charge on any atom is -0.309 e. The van der Waals surface area contributed by atoms with Crippen LogP contribution in [0, 0.1) is 0 Å². The van der Waals surface area contributed by atoms with E-state index in [4.69, 9.17) is 15.0 Å². The number of hydrogen-bond donors (Lipinski definition) is 0. The molecule has 0 amide bonds. The highest BCUT2D eigenvalue weighted by Gasteiger charge is 2.28. The lowest BCUT2D eigenvalue weighted by Gasteiger charge is -2.21. The highest BCUT2D eigenvalue weighted by atomic mass is 15.2. The van der Waals surface area contributed by atoms with E-state index in [1.165, 1.54) is 10.8 Å². The molecule has 0 radical (unpaired) electrons. The van der Waals surface area contributed by atoms with Crippen LogP contribution in [0.3, 0.4) is 0 Å². The fraction of sp³-hybridized carbons (Fsp3) is 0. The molecule has 0 unspecified atom stereocenters. The predicted octanol–water partition coefficient (Wildman–Crippen LogP) is 17.5. The van der Waals surface area contributed by atoms with Crippen LogP contribution in [0.1, 0.15) is 0 Å². The van der Waals surface area contributed by atoms with E-state index in [1.54, 1.807) is 0 Å². The van der Waals surface area contributed by atoms with Gasteiger partial charge in [-0.1, -0.05) is 231 Å². The van der Waals surface area contributed by atoms with Crippen molar-refractivity contribution in [3.8, 4) is 73.5 Å². The number of rotatable bonds is 8. The van der Waals surface area contributed by atoms with Gasteiger partial charge in [-0.15, -0.1) is 0 Å². The number of fused-ring (bicyclic) bond motifs is 10. The zero-order valence-corrected chi connectivity index (χ0v) is 40.6. The van der Waals surface area contributed by atoms with E-state index in [2.05, 4.69) is 256 Å². The van der Waals surface area contributed by atoms with E-state index in [9.17, 15) is 0 Å². The molecule has 0 atom stereocenters. The van der Waals surface area contributed by atoms with Gasteiger partial charge in [0.15, 0.2) is 11.6 Å². The maximum atomic E-state index is 5.49. The molecule has 0 aliphatic heterocycles. The largest absolute Gasteiger partial charge is 0.309 e. The average molecular weight is 957 g/mol. The van der Waals surface area contributed by atoms with Gasteiger partial charge in [0.2, 0.25) is 5.95 Å². The molecule has 0 aliphatic carbocycles. The monoisotopic (exact) mass is 956 g/mol. The summed E-state index contributed by atoms with van der Waals surface area (Å²) in [5, 5.41) is 6.87. The van der Waals surface area contributed by atoms with E-state index in [1.807, 2.05) is 24.3 Å². The van der Waals surface area contributed by atoms with Crippen molar-refractivity contribution >= 4 is 65.4 Å². The smallest absolute Gasteiger partial charge is 0.238 e. The topological polar surface area (TPSA) is 53.5 Å². The van der Waals surface area contributed by atoms with E-state index < -0.39 is 0 Å². The first-order valence-electron chi connectivity index (χ1n) is 25.4. The second-order valence-corrected chi connectivity index (χ2v) is 19.1. The highest BCUT2D eigenvalue weighted by Crippen LogP contribution is 2.49. The van der Waals surface area contributed by atoms with Crippen LogP contribution in [0.2, 0.25) is 0 Å². The van der Waals surface area contributed by atoms with E-state index >= 15 is 0 Å². The Morgan fingerprint density at radius 2 is 0.680 bits per heavy atom. The molecule has 0 N–H and O–H groups in total. The fourth-order valence-electron chi connectivity index (χ4n) is 11.6. The van der Waals surface area contributed by atoms with Crippen LogP contribution in [-0.2, 0) is 0 Å². The number of para-hydroxylation sites is 4. The number of nitrogens with zero attached hydrogens (tertiary/aromatic N) is 6. The van der Waals surface area contributed by atoms with Gasteiger partial charge >= 0.3 is 0 Å². The Kier molecular flexibility index (Phi) is 9.78. The summed E-state index contributed by atoms with van der Waals surface area (Å²) in [6.07, 6.45) is 0. The quantitative estimate of drug-likeness (QED) is 0.152. The summed E-state index contributed by atoms with van der Waals surface area (Å²) in [7, 11) is 0. The van der Waals surface area contributed by atoms with Gasteiger partial charge in [-0.2, -0.15) is 9.97 Å². The van der Waals surface area contributed by atoms with Crippen LogP contribution in [0.15, 0.2) is 267 Å². The normalized spacial score (nSPS) is 11.7. The third-order valence-electron chi connectivity index (χ3n) is 14.9. The second-order valence-electron chi connectivity index (χ2n) is 19.1. The van der Waals surface area contributed by atoms with Crippen LogP contribution in [0.25, 0.3) is 139 Å². The SMILES string of the molecule is c1ccc(-c2ccc(-c3nc(-c4ccccc4)nc(-n4c5ccccc5c5ccc6c7ccccc7n(-c7cc(-c8ccccc8)c8c9ccccc9n(-c9ccccc9)c8c7-c7ccccc7)c6c54)n3)cc2)cc1. The van der Waals surface area contributed by atoms with Gasteiger partial charge in [0.05, 0.1) is 38.8 Å². The van der Waals surface area contributed by atoms with E-state index in [-0.39, 0.29) is 0 Å². The lowest BCUT2D eigenvalue weighted by atomic mass is 9.92. The van der Waals surface area contributed by atoms with Crippen molar-refractivity contribution in [3.05, 3.63) is 267 Å². The summed E-state index contributed by atoms with van der Waals surface area (Å²) in [6.45, 7) is 0. The molecule has 6 heteroatoms. The van der Waals surface area contributed by atoms with Crippen LogP contribution in [0.5, 0.6) is 0 Å². The summed E-state index contributed by atoms with van der Waals surface area (Å²) >= 11 is 0. The van der Waals surface area contributed by atoms with Crippen LogP contribution >= 0.6 is 0 Å². The van der Waals surface area contributed by atoms with Crippen molar-refractivity contribution in [2.24, 2.45) is 0 Å². The molecule has 4 aromatic heterocycles. The predicted molar refractivity (Wildman–Crippen MR) is 310 cm³/mol. The summed E-state index contributed by atoms with van der Waals surface area (Å²) < 4.78 is 7.30. The van der Waals surface area contributed by atoms with Crippen LogP contribution in [-0.4, -0.2) is 28.7 Å². The standard InChI is InChI=1S/C69H44N6/c1-6-22-45(23-7-1)46-38-40-50(41-39-46)68-70-67(49-28-12-4-13-29-49)71-69(72-68)75-59-36-20-17-33-53(59)55-43-42-54-52-32-16-19-35-58(52)74(64(54)65(55)75)61-44-57(47-24-8-2-9-25-47)63-56-34-18-21-37-60(56)73(51-30-14-5-15-31-51)66(63)62(61)48-26-10-3-11-27-48/h1-44H. The van der Waals surface area contributed by atoms with Gasteiger partial charge in [-0.25, -0.2) is 4.98 Å². The zero-order valence-electron chi connectivity index (χ0n) is 40.6. The van der Waals surface area contributed by atoms with E-state index in [0.29, 0.717) is 17.6 Å². The lowest BCUT2D eigenvalue weighted by molar-refractivity contribution is 0.953. The van der Waals surface area contributed by atoms with Crippen molar-refractivity contribution in [2.45, 2.75) is 0 Å². The minimum absolute atomic E-state index is 0.536. The molecular weight excluding hydrogens is 913 g/mol.